The van der Waals surface area contributed by atoms with Gasteiger partial charge < -0.3 is 9.47 Å². The molecule has 1 saturated heterocycles. The normalized spacial score (nSPS) is 18.7. The Labute approximate surface area is 94.3 Å². The maximum atomic E-state index is 5.32. The van der Waals surface area contributed by atoms with Crippen molar-refractivity contribution in [2.45, 2.75) is 34.6 Å². The average molecular weight is 212 g/mol. The van der Waals surface area contributed by atoms with Gasteiger partial charge >= 0.3 is 0 Å². The van der Waals surface area contributed by atoms with Crippen LogP contribution in [-0.4, -0.2) is 13.2 Å². The van der Waals surface area contributed by atoms with Gasteiger partial charge in [0.15, 0.2) is 11.5 Å². The van der Waals surface area contributed by atoms with Gasteiger partial charge in [0.1, 0.15) is 13.2 Å². The first-order valence-corrected chi connectivity index (χ1v) is 5.63. The Morgan fingerprint density at radius 1 is 1.00 bits per heavy atom. The summed E-state index contributed by atoms with van der Waals surface area (Å²) in [6.45, 7) is 14.8. The lowest BCUT2D eigenvalue weighted by Gasteiger charge is -2.19. The first-order chi connectivity index (χ1) is 7.38. The van der Waals surface area contributed by atoms with Gasteiger partial charge in [0.25, 0.3) is 0 Å². The fourth-order valence-electron chi connectivity index (χ4n) is 0.908. The Bertz CT molecular complexity index is 203. The molecular formula is C13H24O2. The van der Waals surface area contributed by atoms with Gasteiger partial charge in [-0.15, -0.1) is 0 Å². The molecule has 2 heteroatoms. The van der Waals surface area contributed by atoms with Crippen LogP contribution in [0.15, 0.2) is 36.3 Å². The van der Waals surface area contributed by atoms with Crippen LogP contribution in [0.2, 0.25) is 0 Å². The highest BCUT2D eigenvalue weighted by atomic mass is 16.6. The predicted molar refractivity (Wildman–Crippen MR) is 66.6 cm³/mol. The number of allylic oxidation sites excluding steroid dienone is 3. The highest BCUT2D eigenvalue weighted by Crippen LogP contribution is 2.17. The maximum absolute atomic E-state index is 5.32. The summed E-state index contributed by atoms with van der Waals surface area (Å²) in [5.74, 6) is 1.57. The minimum atomic E-state index is 0.622. The van der Waals surface area contributed by atoms with Crippen molar-refractivity contribution in [1.29, 1.82) is 0 Å². The Morgan fingerprint density at radius 2 is 1.47 bits per heavy atom. The summed E-state index contributed by atoms with van der Waals surface area (Å²) in [4.78, 5) is 0. The van der Waals surface area contributed by atoms with Crippen molar-refractivity contribution < 1.29 is 9.47 Å². The van der Waals surface area contributed by atoms with Crippen LogP contribution in [0.1, 0.15) is 34.6 Å². The van der Waals surface area contributed by atoms with Crippen LogP contribution < -0.4 is 0 Å². The van der Waals surface area contributed by atoms with Gasteiger partial charge in [-0.2, -0.15) is 0 Å². The third kappa shape index (κ3) is 6.83. The zero-order chi connectivity index (χ0) is 12.1. The van der Waals surface area contributed by atoms with Gasteiger partial charge in [-0.05, 0) is 19.1 Å². The Morgan fingerprint density at radius 3 is 1.87 bits per heavy atom. The molecule has 0 atom stereocenters. The molecule has 0 aromatic carbocycles. The van der Waals surface area contributed by atoms with Crippen LogP contribution in [0, 0.1) is 0 Å². The van der Waals surface area contributed by atoms with Crippen molar-refractivity contribution in [3.8, 4) is 0 Å². The molecule has 0 aromatic rings. The summed E-state index contributed by atoms with van der Waals surface area (Å²) in [5.41, 5.74) is 0. The van der Waals surface area contributed by atoms with Crippen molar-refractivity contribution in [3.05, 3.63) is 36.3 Å². The minimum absolute atomic E-state index is 0.622. The third-order valence-corrected chi connectivity index (χ3v) is 1.37. The van der Waals surface area contributed by atoms with Crippen LogP contribution in [0.25, 0.3) is 0 Å². The van der Waals surface area contributed by atoms with E-state index in [9.17, 15) is 0 Å². The number of hydrogen-bond acceptors (Lipinski definition) is 2. The van der Waals surface area contributed by atoms with Crippen molar-refractivity contribution >= 4 is 0 Å². The fraction of sp³-hybridized carbons (Fsp3) is 0.538. The summed E-state index contributed by atoms with van der Waals surface area (Å²) in [6, 6.07) is 0. The highest BCUT2D eigenvalue weighted by Gasteiger charge is 2.11. The smallest absolute Gasteiger partial charge is 0.160 e. The zero-order valence-electron chi connectivity index (χ0n) is 10.7. The molecule has 0 N–H and O–H groups in total. The largest absolute Gasteiger partial charge is 0.486 e. The summed E-state index contributed by atoms with van der Waals surface area (Å²) < 4.78 is 10.6. The summed E-state index contributed by atoms with van der Waals surface area (Å²) in [6.07, 6.45) is 5.37. The molecule has 0 saturated carbocycles. The van der Waals surface area contributed by atoms with Gasteiger partial charge in [-0.25, -0.2) is 0 Å². The van der Waals surface area contributed by atoms with Crippen LogP contribution >= 0.6 is 0 Å². The van der Waals surface area contributed by atoms with Gasteiger partial charge in [0.05, 0.1) is 0 Å². The number of hydrogen-bond donors (Lipinski definition) is 0. The van der Waals surface area contributed by atoms with Gasteiger partial charge in [-0.3, -0.25) is 0 Å². The average Bonchev–Trinajstić information content (AvgIpc) is 2.35. The molecule has 1 aliphatic rings. The first-order valence-electron chi connectivity index (χ1n) is 5.63. The lowest BCUT2D eigenvalue weighted by atomic mass is 10.3. The monoisotopic (exact) mass is 212 g/mol. The molecule has 0 amide bonds. The SMILES string of the molecule is C=C/C=C1/OCCO/C1=C/C.CC.CC. The van der Waals surface area contributed by atoms with E-state index in [1.165, 1.54) is 0 Å². The minimum Gasteiger partial charge on any atom is -0.486 e. The van der Waals surface area contributed by atoms with Gasteiger partial charge in [0, 0.05) is 0 Å². The lowest BCUT2D eigenvalue weighted by molar-refractivity contribution is 0.0594. The maximum Gasteiger partial charge on any atom is 0.160 e. The van der Waals surface area contributed by atoms with E-state index >= 15 is 0 Å². The van der Waals surface area contributed by atoms with Crippen LogP contribution in [0.5, 0.6) is 0 Å². The summed E-state index contributed by atoms with van der Waals surface area (Å²) in [7, 11) is 0. The van der Waals surface area contributed by atoms with E-state index in [2.05, 4.69) is 6.58 Å². The quantitative estimate of drug-likeness (QED) is 0.652. The van der Waals surface area contributed by atoms with Crippen molar-refractivity contribution in [2.75, 3.05) is 13.2 Å². The Hall–Kier alpha value is -1.18. The fourth-order valence-corrected chi connectivity index (χ4v) is 0.908. The van der Waals surface area contributed by atoms with Crippen molar-refractivity contribution in [2.24, 2.45) is 0 Å². The van der Waals surface area contributed by atoms with E-state index in [4.69, 9.17) is 9.47 Å². The molecule has 2 nitrogen and oxygen atoms in total. The molecule has 0 bridgehead atoms. The summed E-state index contributed by atoms with van der Waals surface area (Å²) in [5, 5.41) is 0. The molecule has 0 aromatic heterocycles. The standard InChI is InChI=1S/C9H12O2.2C2H6/c1-3-5-9-8(4-2)10-6-7-11-9;2*1-2/h3-5H,1,6-7H2,2H3;2*1-2H3/b8-4+,9-5+;;. The lowest BCUT2D eigenvalue weighted by Crippen LogP contribution is -2.13. The molecule has 0 radical (unpaired) electrons. The third-order valence-electron chi connectivity index (χ3n) is 1.37. The van der Waals surface area contributed by atoms with Crippen molar-refractivity contribution in [1.82, 2.24) is 0 Å². The van der Waals surface area contributed by atoms with Gasteiger partial charge in [0.2, 0.25) is 0 Å². The summed E-state index contributed by atoms with van der Waals surface area (Å²) >= 11 is 0. The molecule has 0 aliphatic carbocycles. The van der Waals surface area contributed by atoms with E-state index in [0.29, 0.717) is 13.2 Å². The molecule has 15 heavy (non-hydrogen) atoms. The second kappa shape index (κ2) is 12.8. The highest BCUT2D eigenvalue weighted by molar-refractivity contribution is 5.24. The molecule has 88 valence electrons. The van der Waals surface area contributed by atoms with E-state index in [1.807, 2.05) is 40.7 Å². The van der Waals surface area contributed by atoms with Crippen molar-refractivity contribution in [3.63, 3.8) is 0 Å². The van der Waals surface area contributed by atoms with Crippen LogP contribution in [0.3, 0.4) is 0 Å². The predicted octanol–water partition coefficient (Wildman–Crippen LogP) is 4.06. The Kier molecular flexibility index (Phi) is 13.9. The van der Waals surface area contributed by atoms with E-state index in [-0.39, 0.29) is 0 Å². The Balaban J connectivity index is 0. The molecule has 0 unspecified atom stereocenters. The van der Waals surface area contributed by atoms with Crippen LogP contribution in [-0.2, 0) is 9.47 Å². The molecule has 1 fully saturated rings. The molecule has 1 rings (SSSR count). The topological polar surface area (TPSA) is 18.5 Å². The van der Waals surface area contributed by atoms with E-state index < -0.39 is 0 Å². The molecule has 1 heterocycles. The van der Waals surface area contributed by atoms with E-state index in [1.54, 1.807) is 12.2 Å². The first kappa shape index (κ1) is 16.3. The van der Waals surface area contributed by atoms with Gasteiger partial charge in [-0.1, -0.05) is 40.3 Å². The zero-order valence-corrected chi connectivity index (χ0v) is 10.7. The number of rotatable bonds is 1. The second-order valence-corrected chi connectivity index (χ2v) is 2.12. The molecular weight excluding hydrogens is 188 g/mol. The molecule has 0 spiro atoms. The second-order valence-electron chi connectivity index (χ2n) is 2.12. The van der Waals surface area contributed by atoms with Crippen LogP contribution in [0.4, 0.5) is 0 Å². The molecule has 1 aliphatic heterocycles. The van der Waals surface area contributed by atoms with E-state index in [0.717, 1.165) is 11.5 Å². The number of ether oxygens (including phenoxy) is 2.